The van der Waals surface area contributed by atoms with Gasteiger partial charge in [0.15, 0.2) is 5.82 Å². The molecular weight excluding hydrogens is 276 g/mol. The second-order valence-electron chi connectivity index (χ2n) is 5.46. The summed E-state index contributed by atoms with van der Waals surface area (Å²) in [5, 5.41) is 14.9. The van der Waals surface area contributed by atoms with Gasteiger partial charge in [0.1, 0.15) is 11.6 Å². The van der Waals surface area contributed by atoms with Crippen molar-refractivity contribution in [2.75, 3.05) is 0 Å². The van der Waals surface area contributed by atoms with Gasteiger partial charge in [0.25, 0.3) is 0 Å². The number of halogens is 2. The summed E-state index contributed by atoms with van der Waals surface area (Å²) in [6, 6.07) is 3.56. The predicted molar refractivity (Wildman–Crippen MR) is 72.4 cm³/mol. The topological polar surface area (TPSA) is 55.6 Å². The Morgan fingerprint density at radius 1 is 1.19 bits per heavy atom. The highest BCUT2D eigenvalue weighted by Gasteiger charge is 2.30. The summed E-state index contributed by atoms with van der Waals surface area (Å²) in [6.07, 6.45) is 2.14. The molecule has 2 atom stereocenters. The highest BCUT2D eigenvalue weighted by atomic mass is 19.1. The molecule has 1 saturated carbocycles. The van der Waals surface area contributed by atoms with Crippen molar-refractivity contribution in [3.05, 3.63) is 41.2 Å². The van der Waals surface area contributed by atoms with Crippen LogP contribution in [-0.4, -0.2) is 20.2 Å². The van der Waals surface area contributed by atoms with Crippen LogP contribution < -0.4 is 5.32 Å². The Bertz CT molecular complexity index is 618. The Morgan fingerprint density at radius 3 is 2.48 bits per heavy atom. The van der Waals surface area contributed by atoms with Crippen molar-refractivity contribution in [1.29, 1.82) is 0 Å². The molecule has 21 heavy (non-hydrogen) atoms. The van der Waals surface area contributed by atoms with E-state index in [0.29, 0.717) is 11.9 Å². The lowest BCUT2D eigenvalue weighted by atomic mass is 10.1. The van der Waals surface area contributed by atoms with Gasteiger partial charge in [-0.05, 0) is 49.2 Å². The summed E-state index contributed by atoms with van der Waals surface area (Å²) in [5.74, 6) is -0.408. The van der Waals surface area contributed by atoms with Crippen LogP contribution in [-0.2, 0) is 0 Å². The smallest absolute Gasteiger partial charge is 0.168 e. The molecule has 0 saturated heterocycles. The van der Waals surface area contributed by atoms with Crippen molar-refractivity contribution >= 4 is 0 Å². The van der Waals surface area contributed by atoms with Crippen LogP contribution in [0.5, 0.6) is 0 Å². The first kappa shape index (κ1) is 14.1. The molecule has 1 aliphatic carbocycles. The summed E-state index contributed by atoms with van der Waals surface area (Å²) >= 11 is 0. The molecule has 3 rings (SSSR count). The molecule has 1 aliphatic rings. The SMILES string of the molecule is C[C@H](N[C@@H](C)c1nnnn1C1CC1)c1c(F)cccc1F. The van der Waals surface area contributed by atoms with Gasteiger partial charge in [-0.15, -0.1) is 5.10 Å². The predicted octanol–water partition coefficient (Wildman–Crippen LogP) is 2.70. The van der Waals surface area contributed by atoms with Gasteiger partial charge >= 0.3 is 0 Å². The lowest BCUT2D eigenvalue weighted by molar-refractivity contribution is 0.422. The molecule has 0 amide bonds. The molecule has 5 nitrogen and oxygen atoms in total. The third kappa shape index (κ3) is 2.78. The highest BCUT2D eigenvalue weighted by molar-refractivity contribution is 5.23. The minimum absolute atomic E-state index is 0.0368. The minimum atomic E-state index is -0.552. The molecule has 0 aliphatic heterocycles. The zero-order chi connectivity index (χ0) is 15.0. The molecule has 112 valence electrons. The third-order valence-electron chi connectivity index (χ3n) is 3.73. The maximum atomic E-state index is 13.8. The maximum absolute atomic E-state index is 13.8. The van der Waals surface area contributed by atoms with E-state index < -0.39 is 17.7 Å². The Labute approximate surface area is 121 Å². The Kier molecular flexibility index (Phi) is 3.67. The van der Waals surface area contributed by atoms with Gasteiger partial charge in [-0.1, -0.05) is 6.07 Å². The Balaban J connectivity index is 1.77. The molecule has 1 aromatic carbocycles. The Hall–Kier alpha value is -1.89. The number of nitrogens with one attached hydrogen (secondary N) is 1. The number of tetrazole rings is 1. The summed E-state index contributed by atoms with van der Waals surface area (Å²) in [6.45, 7) is 3.61. The van der Waals surface area contributed by atoms with Crippen molar-refractivity contribution < 1.29 is 8.78 Å². The van der Waals surface area contributed by atoms with E-state index in [4.69, 9.17) is 0 Å². The van der Waals surface area contributed by atoms with E-state index in [-0.39, 0.29) is 11.6 Å². The van der Waals surface area contributed by atoms with Crippen LogP contribution in [0.15, 0.2) is 18.2 Å². The molecule has 0 spiro atoms. The van der Waals surface area contributed by atoms with Crippen LogP contribution in [0, 0.1) is 11.6 Å². The lowest BCUT2D eigenvalue weighted by Gasteiger charge is -2.20. The number of aromatic nitrogens is 4. The van der Waals surface area contributed by atoms with Gasteiger partial charge in [0.2, 0.25) is 0 Å². The maximum Gasteiger partial charge on any atom is 0.168 e. The third-order valence-corrected chi connectivity index (χ3v) is 3.73. The Morgan fingerprint density at radius 2 is 1.86 bits per heavy atom. The fourth-order valence-electron chi connectivity index (χ4n) is 2.52. The standard InChI is InChI=1S/C14H17F2N5/c1-8(13-11(15)4-3-5-12(13)16)17-9(2)14-18-19-20-21(14)10-6-7-10/h3-5,8-10,17H,6-7H2,1-2H3/t8-,9-/m0/s1. The number of hydrogen-bond donors (Lipinski definition) is 1. The molecule has 1 heterocycles. The first-order valence-electron chi connectivity index (χ1n) is 7.05. The van der Waals surface area contributed by atoms with Gasteiger partial charge in [0, 0.05) is 11.6 Å². The van der Waals surface area contributed by atoms with Gasteiger partial charge in [-0.25, -0.2) is 13.5 Å². The van der Waals surface area contributed by atoms with Crippen molar-refractivity contribution in [3.8, 4) is 0 Å². The van der Waals surface area contributed by atoms with Crippen molar-refractivity contribution in [3.63, 3.8) is 0 Å². The molecule has 1 fully saturated rings. The zero-order valence-electron chi connectivity index (χ0n) is 11.9. The summed E-state index contributed by atoms with van der Waals surface area (Å²) in [7, 11) is 0. The summed E-state index contributed by atoms with van der Waals surface area (Å²) in [5.41, 5.74) is 0.0368. The molecule has 1 N–H and O–H groups in total. The average molecular weight is 293 g/mol. The fourth-order valence-corrected chi connectivity index (χ4v) is 2.52. The van der Waals surface area contributed by atoms with E-state index in [1.54, 1.807) is 11.6 Å². The molecule has 2 aromatic rings. The fraction of sp³-hybridized carbons (Fsp3) is 0.500. The summed E-state index contributed by atoms with van der Waals surface area (Å²) < 4.78 is 29.4. The zero-order valence-corrected chi connectivity index (χ0v) is 11.9. The van der Waals surface area contributed by atoms with Crippen LogP contribution in [0.25, 0.3) is 0 Å². The normalized spacial score (nSPS) is 17.7. The first-order valence-corrected chi connectivity index (χ1v) is 7.05. The van der Waals surface area contributed by atoms with Crippen molar-refractivity contribution in [2.45, 2.75) is 44.8 Å². The monoisotopic (exact) mass is 293 g/mol. The number of benzene rings is 1. The second-order valence-corrected chi connectivity index (χ2v) is 5.46. The van der Waals surface area contributed by atoms with Crippen LogP contribution >= 0.6 is 0 Å². The van der Waals surface area contributed by atoms with Crippen LogP contribution in [0.1, 0.15) is 56.2 Å². The molecule has 0 bridgehead atoms. The van der Waals surface area contributed by atoms with Crippen LogP contribution in [0.2, 0.25) is 0 Å². The van der Waals surface area contributed by atoms with E-state index in [1.807, 2.05) is 6.92 Å². The van der Waals surface area contributed by atoms with Crippen molar-refractivity contribution in [1.82, 2.24) is 25.5 Å². The average Bonchev–Trinajstić information content (AvgIpc) is 3.15. The second kappa shape index (κ2) is 5.48. The van der Waals surface area contributed by atoms with Crippen LogP contribution in [0.3, 0.4) is 0 Å². The molecule has 0 unspecified atom stereocenters. The largest absolute Gasteiger partial charge is 0.301 e. The minimum Gasteiger partial charge on any atom is -0.301 e. The van der Waals surface area contributed by atoms with E-state index in [2.05, 4.69) is 20.8 Å². The first-order chi connectivity index (χ1) is 10.1. The molecule has 7 heteroatoms. The molecule has 1 aromatic heterocycles. The highest BCUT2D eigenvalue weighted by Crippen LogP contribution is 2.35. The molecular formula is C14H17F2N5. The number of rotatable bonds is 5. The quantitative estimate of drug-likeness (QED) is 0.921. The van der Waals surface area contributed by atoms with Gasteiger partial charge < -0.3 is 5.32 Å². The van der Waals surface area contributed by atoms with E-state index in [0.717, 1.165) is 12.8 Å². The lowest BCUT2D eigenvalue weighted by Crippen LogP contribution is -2.26. The van der Waals surface area contributed by atoms with Gasteiger partial charge in [-0.3, -0.25) is 0 Å². The molecule has 0 radical (unpaired) electrons. The summed E-state index contributed by atoms with van der Waals surface area (Å²) in [4.78, 5) is 0. The van der Waals surface area contributed by atoms with Gasteiger partial charge in [0.05, 0.1) is 12.1 Å². The number of nitrogens with zero attached hydrogens (tertiary/aromatic N) is 4. The van der Waals surface area contributed by atoms with E-state index in [1.165, 1.54) is 18.2 Å². The van der Waals surface area contributed by atoms with E-state index >= 15 is 0 Å². The number of hydrogen-bond acceptors (Lipinski definition) is 4. The van der Waals surface area contributed by atoms with Crippen molar-refractivity contribution in [2.24, 2.45) is 0 Å². The van der Waals surface area contributed by atoms with E-state index in [9.17, 15) is 8.78 Å². The van der Waals surface area contributed by atoms with Gasteiger partial charge in [-0.2, -0.15) is 0 Å². The van der Waals surface area contributed by atoms with Crippen LogP contribution in [0.4, 0.5) is 8.78 Å².